The molecule has 1 N–H and O–H groups in total. The van der Waals surface area contributed by atoms with E-state index in [9.17, 15) is 18.3 Å². The van der Waals surface area contributed by atoms with Gasteiger partial charge in [0.1, 0.15) is 18.2 Å². The molecule has 122 valence electrons. The van der Waals surface area contributed by atoms with Gasteiger partial charge in [-0.25, -0.2) is 13.2 Å². The van der Waals surface area contributed by atoms with E-state index in [1.54, 1.807) is 11.0 Å². The molecule has 1 heterocycles. The van der Waals surface area contributed by atoms with E-state index in [2.05, 4.69) is 0 Å². The van der Waals surface area contributed by atoms with E-state index >= 15 is 0 Å². The van der Waals surface area contributed by atoms with Gasteiger partial charge in [-0.15, -0.1) is 0 Å². The Balaban J connectivity index is 1.74. The van der Waals surface area contributed by atoms with Gasteiger partial charge in [0.15, 0.2) is 11.6 Å². The number of aliphatic hydroxyl groups is 1. The lowest BCUT2D eigenvalue weighted by atomic mass is 10.2. The molecular weight excluding hydrogens is 307 g/mol. The van der Waals surface area contributed by atoms with E-state index in [0.29, 0.717) is 18.5 Å². The van der Waals surface area contributed by atoms with Crippen LogP contribution in [-0.4, -0.2) is 24.3 Å². The Labute approximate surface area is 131 Å². The summed E-state index contributed by atoms with van der Waals surface area (Å²) in [7, 11) is 0. The summed E-state index contributed by atoms with van der Waals surface area (Å²) in [5.74, 6) is -1.95. The molecule has 3 nitrogen and oxygen atoms in total. The maximum Gasteiger partial charge on any atom is 0.167 e. The third kappa shape index (κ3) is 3.59. The number of aliphatic hydroxyl groups excluding tert-OH is 1. The summed E-state index contributed by atoms with van der Waals surface area (Å²) < 4.78 is 46.6. The smallest absolute Gasteiger partial charge is 0.167 e. The van der Waals surface area contributed by atoms with Gasteiger partial charge in [0.05, 0.1) is 11.8 Å². The van der Waals surface area contributed by atoms with E-state index in [0.717, 1.165) is 12.1 Å². The number of nitrogens with zero attached hydrogens (tertiary/aromatic N) is 1. The quantitative estimate of drug-likeness (QED) is 0.937. The summed E-state index contributed by atoms with van der Waals surface area (Å²) in [6.07, 6.45) is 0.000154. The van der Waals surface area contributed by atoms with Crippen LogP contribution < -0.4 is 9.64 Å². The second-order valence-electron chi connectivity index (χ2n) is 5.54. The largest absolute Gasteiger partial charge is 0.486 e. The van der Waals surface area contributed by atoms with Gasteiger partial charge < -0.3 is 14.7 Å². The van der Waals surface area contributed by atoms with Crippen LogP contribution in [0, 0.1) is 17.5 Å². The molecule has 6 heteroatoms. The van der Waals surface area contributed by atoms with Crippen molar-refractivity contribution in [3.8, 4) is 5.75 Å². The van der Waals surface area contributed by atoms with Crippen molar-refractivity contribution in [3.05, 3.63) is 59.4 Å². The first-order valence-corrected chi connectivity index (χ1v) is 7.32. The van der Waals surface area contributed by atoms with Crippen LogP contribution in [0.3, 0.4) is 0 Å². The van der Waals surface area contributed by atoms with Crippen LogP contribution in [0.1, 0.15) is 12.0 Å². The fourth-order valence-corrected chi connectivity index (χ4v) is 2.62. The first-order chi connectivity index (χ1) is 11.0. The van der Waals surface area contributed by atoms with Crippen LogP contribution in [0.5, 0.6) is 5.75 Å². The number of anilines is 1. The highest BCUT2D eigenvalue weighted by Crippen LogP contribution is 2.30. The first kappa shape index (κ1) is 15.7. The van der Waals surface area contributed by atoms with E-state index in [-0.39, 0.29) is 24.6 Å². The molecule has 1 unspecified atom stereocenters. The van der Waals surface area contributed by atoms with Gasteiger partial charge in [0.2, 0.25) is 0 Å². The second-order valence-corrected chi connectivity index (χ2v) is 5.54. The van der Waals surface area contributed by atoms with E-state index in [4.69, 9.17) is 4.74 Å². The molecule has 0 aromatic heterocycles. The van der Waals surface area contributed by atoms with Gasteiger partial charge in [0.25, 0.3) is 0 Å². The molecule has 0 aliphatic carbocycles. The Kier molecular flexibility index (Phi) is 4.43. The average Bonchev–Trinajstić information content (AvgIpc) is 2.94. The Morgan fingerprint density at radius 3 is 2.65 bits per heavy atom. The molecule has 2 aromatic carbocycles. The van der Waals surface area contributed by atoms with Crippen LogP contribution in [0.15, 0.2) is 36.4 Å². The number of benzene rings is 2. The van der Waals surface area contributed by atoms with Gasteiger partial charge in [-0.3, -0.25) is 0 Å². The topological polar surface area (TPSA) is 32.7 Å². The molecule has 1 fully saturated rings. The van der Waals surface area contributed by atoms with Gasteiger partial charge in [-0.1, -0.05) is 12.1 Å². The van der Waals surface area contributed by atoms with Crippen molar-refractivity contribution in [2.24, 2.45) is 0 Å². The Morgan fingerprint density at radius 2 is 1.96 bits per heavy atom. The second kappa shape index (κ2) is 6.50. The monoisotopic (exact) mass is 323 g/mol. The van der Waals surface area contributed by atoms with Crippen molar-refractivity contribution >= 4 is 5.69 Å². The van der Waals surface area contributed by atoms with Crippen LogP contribution in [0.4, 0.5) is 18.9 Å². The van der Waals surface area contributed by atoms with E-state index in [1.165, 1.54) is 18.2 Å². The summed E-state index contributed by atoms with van der Waals surface area (Å²) in [5.41, 5.74) is 0.633. The Morgan fingerprint density at radius 1 is 1.13 bits per heavy atom. The fraction of sp³-hybridized carbons (Fsp3) is 0.294. The Bertz CT molecular complexity index is 708. The molecule has 1 aliphatic rings. The maximum atomic E-state index is 14.2. The molecule has 0 bridgehead atoms. The first-order valence-electron chi connectivity index (χ1n) is 7.32. The van der Waals surface area contributed by atoms with Gasteiger partial charge in [0, 0.05) is 25.2 Å². The zero-order valence-corrected chi connectivity index (χ0v) is 12.3. The van der Waals surface area contributed by atoms with Crippen molar-refractivity contribution in [1.82, 2.24) is 0 Å². The molecular formula is C17H16F3NO2. The fourth-order valence-electron chi connectivity index (χ4n) is 2.62. The van der Waals surface area contributed by atoms with Gasteiger partial charge in [-0.05, 0) is 24.1 Å². The van der Waals surface area contributed by atoms with Crippen molar-refractivity contribution < 1.29 is 23.0 Å². The van der Waals surface area contributed by atoms with Gasteiger partial charge >= 0.3 is 0 Å². The molecule has 1 atom stereocenters. The summed E-state index contributed by atoms with van der Waals surface area (Å²) in [4.78, 5) is 1.60. The van der Waals surface area contributed by atoms with E-state index in [1.807, 2.05) is 0 Å². The van der Waals surface area contributed by atoms with Crippen LogP contribution in [-0.2, 0) is 6.61 Å². The molecule has 0 spiro atoms. The lowest BCUT2D eigenvalue weighted by Crippen LogP contribution is -2.22. The zero-order chi connectivity index (χ0) is 16.4. The molecule has 23 heavy (non-hydrogen) atoms. The third-order valence-electron chi connectivity index (χ3n) is 3.79. The highest BCUT2D eigenvalue weighted by Gasteiger charge is 2.24. The number of hydrogen-bond donors (Lipinski definition) is 1. The zero-order valence-electron chi connectivity index (χ0n) is 12.3. The molecule has 0 radical (unpaired) electrons. The lowest BCUT2D eigenvalue weighted by molar-refractivity contribution is 0.198. The molecule has 2 aromatic rings. The molecule has 1 saturated heterocycles. The predicted molar refractivity (Wildman–Crippen MR) is 79.9 cm³/mol. The third-order valence-corrected chi connectivity index (χ3v) is 3.79. The molecule has 0 saturated carbocycles. The minimum Gasteiger partial charge on any atom is -0.486 e. The number of ether oxygens (including phenoxy) is 1. The summed E-state index contributed by atoms with van der Waals surface area (Å²) in [5, 5.41) is 9.50. The minimum atomic E-state index is -0.695. The number of β-amino-alcohol motifs (C(OH)–C–C–N with tert-alkyl or cyclic N) is 1. The van der Waals surface area contributed by atoms with Gasteiger partial charge in [-0.2, -0.15) is 0 Å². The molecule has 1 aliphatic heterocycles. The number of rotatable bonds is 4. The van der Waals surface area contributed by atoms with Crippen molar-refractivity contribution in [2.45, 2.75) is 19.1 Å². The summed E-state index contributed by atoms with van der Waals surface area (Å²) in [6.45, 7) is 0.691. The average molecular weight is 323 g/mol. The molecule has 0 amide bonds. The summed E-state index contributed by atoms with van der Waals surface area (Å²) >= 11 is 0. The number of halogens is 3. The van der Waals surface area contributed by atoms with Crippen molar-refractivity contribution in [2.75, 3.05) is 18.0 Å². The normalized spacial score (nSPS) is 17.6. The highest BCUT2D eigenvalue weighted by atomic mass is 19.1. The maximum absolute atomic E-state index is 14.2. The predicted octanol–water partition coefficient (Wildman–Crippen LogP) is 3.25. The molecule has 3 rings (SSSR count). The Hall–Kier alpha value is -2.21. The van der Waals surface area contributed by atoms with Crippen LogP contribution in [0.2, 0.25) is 0 Å². The highest BCUT2D eigenvalue weighted by molar-refractivity contribution is 5.52. The van der Waals surface area contributed by atoms with E-state index < -0.39 is 23.6 Å². The van der Waals surface area contributed by atoms with Crippen molar-refractivity contribution in [1.29, 1.82) is 0 Å². The van der Waals surface area contributed by atoms with Crippen LogP contribution in [0.25, 0.3) is 0 Å². The number of hydrogen-bond acceptors (Lipinski definition) is 3. The SMILES string of the molecule is OC1CCN(c2cc(F)c(OCc3cccc(F)c3)cc2F)C1. The lowest BCUT2D eigenvalue weighted by Gasteiger charge is -2.19. The standard InChI is InChI=1S/C17H16F3NO2/c18-12-3-1-2-11(6-12)10-23-17-8-14(19)16(7-15(17)20)21-5-4-13(22)9-21/h1-3,6-8,13,22H,4-5,9-10H2. The summed E-state index contributed by atoms with van der Waals surface area (Å²) in [6, 6.07) is 7.77. The minimum absolute atomic E-state index is 0.0596. The van der Waals surface area contributed by atoms with Crippen molar-refractivity contribution in [3.63, 3.8) is 0 Å². The van der Waals surface area contributed by atoms with Crippen LogP contribution >= 0.6 is 0 Å².